The van der Waals surface area contributed by atoms with Crippen molar-refractivity contribution < 1.29 is 9.53 Å². The highest BCUT2D eigenvalue weighted by Crippen LogP contribution is 2.07. The molecule has 1 aromatic carbocycles. The van der Waals surface area contributed by atoms with Gasteiger partial charge in [-0.05, 0) is 26.0 Å². The maximum absolute atomic E-state index is 11.9. The molecule has 0 aliphatic rings. The molecule has 0 bridgehead atoms. The summed E-state index contributed by atoms with van der Waals surface area (Å²) in [6.45, 7) is 4.26. The van der Waals surface area contributed by atoms with Crippen molar-refractivity contribution in [1.82, 2.24) is 5.32 Å². The van der Waals surface area contributed by atoms with Crippen LogP contribution in [-0.2, 0) is 4.74 Å². The lowest BCUT2D eigenvalue weighted by Gasteiger charge is -2.23. The van der Waals surface area contributed by atoms with Crippen LogP contribution in [-0.4, -0.2) is 30.2 Å². The van der Waals surface area contributed by atoms with Gasteiger partial charge in [-0.2, -0.15) is 0 Å². The van der Waals surface area contributed by atoms with E-state index in [1.807, 2.05) is 13.8 Å². The maximum Gasteiger partial charge on any atom is 0.251 e. The Bertz CT molecular complexity index is 441. The van der Waals surface area contributed by atoms with Crippen LogP contribution >= 0.6 is 12.2 Å². The van der Waals surface area contributed by atoms with Gasteiger partial charge in [-0.1, -0.05) is 24.4 Å². The van der Waals surface area contributed by atoms with E-state index in [1.165, 1.54) is 0 Å². The topological polar surface area (TPSA) is 64.3 Å². The molecule has 0 saturated heterocycles. The number of carbonyl (C=O) groups is 1. The second kappa shape index (κ2) is 5.93. The molecule has 0 aliphatic carbocycles. The molecule has 0 heterocycles. The zero-order valence-corrected chi connectivity index (χ0v) is 11.6. The van der Waals surface area contributed by atoms with Gasteiger partial charge >= 0.3 is 0 Å². The van der Waals surface area contributed by atoms with Crippen molar-refractivity contribution in [2.45, 2.75) is 19.4 Å². The van der Waals surface area contributed by atoms with Crippen molar-refractivity contribution in [3.63, 3.8) is 0 Å². The summed E-state index contributed by atoms with van der Waals surface area (Å²) in [5.41, 5.74) is 6.43. The standard InChI is InChI=1S/C13H18N2O2S/c1-13(2,17-3)8-15-12(16)10-6-4-9(5-7-10)11(14)18/h4-7H,8H2,1-3H3,(H2,14,18)(H,15,16). The molecule has 0 aromatic heterocycles. The predicted octanol–water partition coefficient (Wildman–Crippen LogP) is 1.48. The number of hydrogen-bond acceptors (Lipinski definition) is 3. The average molecular weight is 266 g/mol. The fourth-order valence-electron chi connectivity index (χ4n) is 1.25. The van der Waals surface area contributed by atoms with Crippen LogP contribution in [0.2, 0.25) is 0 Å². The van der Waals surface area contributed by atoms with Gasteiger partial charge in [0.15, 0.2) is 0 Å². The number of ether oxygens (including phenoxy) is 1. The monoisotopic (exact) mass is 266 g/mol. The summed E-state index contributed by atoms with van der Waals surface area (Å²) in [6, 6.07) is 6.87. The van der Waals surface area contributed by atoms with E-state index in [0.29, 0.717) is 17.1 Å². The van der Waals surface area contributed by atoms with E-state index in [2.05, 4.69) is 5.32 Å². The smallest absolute Gasteiger partial charge is 0.251 e. The second-order valence-corrected chi connectivity index (χ2v) is 5.03. The van der Waals surface area contributed by atoms with E-state index >= 15 is 0 Å². The Morgan fingerprint density at radius 2 is 1.83 bits per heavy atom. The molecule has 0 atom stereocenters. The number of nitrogens with two attached hydrogens (primary N) is 1. The lowest BCUT2D eigenvalue weighted by Crippen LogP contribution is -2.39. The zero-order valence-electron chi connectivity index (χ0n) is 10.8. The van der Waals surface area contributed by atoms with Crippen molar-refractivity contribution in [3.05, 3.63) is 35.4 Å². The van der Waals surface area contributed by atoms with Crippen LogP contribution < -0.4 is 11.1 Å². The lowest BCUT2D eigenvalue weighted by atomic mass is 10.1. The van der Waals surface area contributed by atoms with Crippen LogP contribution in [0.1, 0.15) is 29.8 Å². The Labute approximate surface area is 113 Å². The Hall–Kier alpha value is -1.46. The number of hydrogen-bond donors (Lipinski definition) is 2. The molecule has 5 heteroatoms. The number of thiocarbonyl (C=S) groups is 1. The van der Waals surface area contributed by atoms with E-state index in [1.54, 1.807) is 31.4 Å². The van der Waals surface area contributed by atoms with Gasteiger partial charge in [0.05, 0.1) is 5.60 Å². The van der Waals surface area contributed by atoms with Gasteiger partial charge in [0.1, 0.15) is 4.99 Å². The number of rotatable bonds is 5. The van der Waals surface area contributed by atoms with Crippen LogP contribution in [0, 0.1) is 0 Å². The Balaban J connectivity index is 2.65. The molecule has 0 spiro atoms. The maximum atomic E-state index is 11.9. The number of carbonyl (C=O) groups excluding carboxylic acids is 1. The molecule has 0 fully saturated rings. The molecule has 18 heavy (non-hydrogen) atoms. The fourth-order valence-corrected chi connectivity index (χ4v) is 1.39. The number of benzene rings is 1. The molecular formula is C13H18N2O2S. The lowest BCUT2D eigenvalue weighted by molar-refractivity contribution is 0.0229. The molecule has 1 aromatic rings. The number of methoxy groups -OCH3 is 1. The number of amides is 1. The Morgan fingerprint density at radius 3 is 2.28 bits per heavy atom. The summed E-state index contributed by atoms with van der Waals surface area (Å²) >= 11 is 4.85. The third kappa shape index (κ3) is 4.09. The van der Waals surface area contributed by atoms with Crippen LogP contribution in [0.25, 0.3) is 0 Å². The summed E-state index contributed by atoms with van der Waals surface area (Å²) in [4.78, 5) is 12.2. The average Bonchev–Trinajstić information content (AvgIpc) is 2.36. The predicted molar refractivity (Wildman–Crippen MR) is 75.8 cm³/mol. The third-order valence-corrected chi connectivity index (χ3v) is 2.89. The minimum atomic E-state index is -0.381. The first kappa shape index (κ1) is 14.6. The molecule has 4 nitrogen and oxygen atoms in total. The van der Waals surface area contributed by atoms with E-state index in [0.717, 1.165) is 5.56 Å². The Kier molecular flexibility index (Phi) is 4.81. The van der Waals surface area contributed by atoms with Gasteiger partial charge in [-0.25, -0.2) is 0 Å². The van der Waals surface area contributed by atoms with Crippen LogP contribution in [0.15, 0.2) is 24.3 Å². The van der Waals surface area contributed by atoms with E-state index in [4.69, 9.17) is 22.7 Å². The summed E-state index contributed by atoms with van der Waals surface area (Å²) in [6.07, 6.45) is 0. The highest BCUT2D eigenvalue weighted by atomic mass is 32.1. The van der Waals surface area contributed by atoms with Gasteiger partial charge in [0, 0.05) is 24.8 Å². The van der Waals surface area contributed by atoms with Crippen molar-refractivity contribution in [1.29, 1.82) is 0 Å². The van der Waals surface area contributed by atoms with Gasteiger partial charge < -0.3 is 15.8 Å². The molecule has 0 radical (unpaired) electrons. The van der Waals surface area contributed by atoms with E-state index < -0.39 is 0 Å². The van der Waals surface area contributed by atoms with Crippen molar-refractivity contribution in [2.75, 3.05) is 13.7 Å². The van der Waals surface area contributed by atoms with Crippen LogP contribution in [0.5, 0.6) is 0 Å². The first-order chi connectivity index (χ1) is 8.35. The summed E-state index contributed by atoms with van der Waals surface area (Å²) < 4.78 is 5.23. The highest BCUT2D eigenvalue weighted by molar-refractivity contribution is 7.80. The highest BCUT2D eigenvalue weighted by Gasteiger charge is 2.17. The van der Waals surface area contributed by atoms with E-state index in [-0.39, 0.29) is 11.5 Å². The van der Waals surface area contributed by atoms with Crippen LogP contribution in [0.4, 0.5) is 0 Å². The van der Waals surface area contributed by atoms with Crippen molar-refractivity contribution in [3.8, 4) is 0 Å². The third-order valence-electron chi connectivity index (χ3n) is 2.66. The van der Waals surface area contributed by atoms with Crippen LogP contribution in [0.3, 0.4) is 0 Å². The Morgan fingerprint density at radius 1 is 1.33 bits per heavy atom. The normalized spacial score (nSPS) is 11.1. The molecule has 0 saturated carbocycles. The first-order valence-corrected chi connectivity index (χ1v) is 6.00. The number of nitrogens with one attached hydrogen (secondary N) is 1. The van der Waals surface area contributed by atoms with Gasteiger partial charge in [0.2, 0.25) is 0 Å². The molecule has 0 aliphatic heterocycles. The summed E-state index contributed by atoms with van der Waals surface area (Å²) in [7, 11) is 1.61. The molecule has 3 N–H and O–H groups in total. The minimum Gasteiger partial charge on any atom is -0.389 e. The summed E-state index contributed by atoms with van der Waals surface area (Å²) in [5.74, 6) is -0.144. The zero-order chi connectivity index (χ0) is 13.8. The first-order valence-electron chi connectivity index (χ1n) is 5.59. The fraction of sp³-hybridized carbons (Fsp3) is 0.385. The van der Waals surface area contributed by atoms with Crippen molar-refractivity contribution in [2.24, 2.45) is 5.73 Å². The molecule has 98 valence electrons. The van der Waals surface area contributed by atoms with Gasteiger partial charge in [0.25, 0.3) is 5.91 Å². The molecule has 1 amide bonds. The molecular weight excluding hydrogens is 248 g/mol. The summed E-state index contributed by atoms with van der Waals surface area (Å²) in [5, 5.41) is 2.81. The largest absolute Gasteiger partial charge is 0.389 e. The molecule has 1 rings (SSSR count). The SMILES string of the molecule is COC(C)(C)CNC(=O)c1ccc(C(N)=S)cc1. The van der Waals surface area contributed by atoms with E-state index in [9.17, 15) is 4.79 Å². The van der Waals surface area contributed by atoms with Crippen molar-refractivity contribution >= 4 is 23.1 Å². The second-order valence-electron chi connectivity index (χ2n) is 4.59. The van der Waals surface area contributed by atoms with Gasteiger partial charge in [-0.15, -0.1) is 0 Å². The van der Waals surface area contributed by atoms with Gasteiger partial charge in [-0.3, -0.25) is 4.79 Å². The minimum absolute atomic E-state index is 0.144. The molecule has 0 unspecified atom stereocenters. The quantitative estimate of drug-likeness (QED) is 0.792.